The van der Waals surface area contributed by atoms with Gasteiger partial charge in [-0.25, -0.2) is 4.39 Å². The van der Waals surface area contributed by atoms with E-state index >= 15 is 0 Å². The maximum atomic E-state index is 13.5. The number of rotatable bonds is 1. The monoisotopic (exact) mass is 249 g/mol. The highest BCUT2D eigenvalue weighted by molar-refractivity contribution is 5.68. The first-order valence-corrected chi connectivity index (χ1v) is 6.67. The molecule has 3 rings (SSSR count). The highest BCUT2D eigenvalue weighted by Crippen LogP contribution is 2.33. The molecule has 0 saturated carbocycles. The normalized spacial score (nSPS) is 28.4. The molecule has 0 aromatic heterocycles. The Morgan fingerprint density at radius 1 is 1.22 bits per heavy atom. The summed E-state index contributed by atoms with van der Waals surface area (Å²) >= 11 is 0. The maximum Gasteiger partial charge on any atom is 0.148 e. The standard InChI is InChI=1S/C14H20FN3/c1-17-10-5-6-11(17)9-18(8-7-10)13-4-2-3-12(15)14(13)16/h2-4,10-11H,5-9,16H2,1H3. The second-order valence-corrected chi connectivity index (χ2v) is 5.46. The van der Waals surface area contributed by atoms with Crippen molar-refractivity contribution in [3.8, 4) is 0 Å². The lowest BCUT2D eigenvalue weighted by atomic mass is 10.1. The van der Waals surface area contributed by atoms with Crippen LogP contribution < -0.4 is 10.6 Å². The average Bonchev–Trinajstić information content (AvgIpc) is 2.58. The molecular weight excluding hydrogens is 229 g/mol. The van der Waals surface area contributed by atoms with E-state index in [2.05, 4.69) is 16.8 Å². The number of nitrogen functional groups attached to an aromatic ring is 1. The van der Waals surface area contributed by atoms with Gasteiger partial charge < -0.3 is 10.6 Å². The van der Waals surface area contributed by atoms with E-state index in [1.54, 1.807) is 6.07 Å². The van der Waals surface area contributed by atoms with Gasteiger partial charge in [-0.15, -0.1) is 0 Å². The molecule has 0 spiro atoms. The van der Waals surface area contributed by atoms with Gasteiger partial charge in [-0.05, 0) is 38.4 Å². The van der Waals surface area contributed by atoms with Crippen LogP contribution in [0.2, 0.25) is 0 Å². The van der Waals surface area contributed by atoms with Gasteiger partial charge in [0.15, 0.2) is 0 Å². The van der Waals surface area contributed by atoms with Crippen LogP contribution in [0.15, 0.2) is 18.2 Å². The second kappa shape index (κ2) is 4.43. The molecule has 0 amide bonds. The third-order valence-corrected chi connectivity index (χ3v) is 4.52. The minimum Gasteiger partial charge on any atom is -0.395 e. The molecule has 18 heavy (non-hydrogen) atoms. The van der Waals surface area contributed by atoms with Crippen LogP contribution in [0.4, 0.5) is 15.8 Å². The fraction of sp³-hybridized carbons (Fsp3) is 0.571. The Balaban J connectivity index is 1.87. The van der Waals surface area contributed by atoms with Gasteiger partial charge in [0.25, 0.3) is 0 Å². The highest BCUT2D eigenvalue weighted by Gasteiger charge is 2.35. The number of benzene rings is 1. The van der Waals surface area contributed by atoms with Crippen molar-refractivity contribution in [2.75, 3.05) is 30.8 Å². The van der Waals surface area contributed by atoms with Gasteiger partial charge in [-0.2, -0.15) is 0 Å². The van der Waals surface area contributed by atoms with Crippen molar-refractivity contribution in [1.82, 2.24) is 4.90 Å². The molecule has 3 nitrogen and oxygen atoms in total. The summed E-state index contributed by atoms with van der Waals surface area (Å²) in [6.07, 6.45) is 3.68. The van der Waals surface area contributed by atoms with Crippen LogP contribution in [-0.4, -0.2) is 37.1 Å². The van der Waals surface area contributed by atoms with E-state index < -0.39 is 0 Å². The number of anilines is 2. The lowest BCUT2D eigenvalue weighted by Crippen LogP contribution is -2.36. The van der Waals surface area contributed by atoms with Crippen molar-refractivity contribution >= 4 is 11.4 Å². The predicted molar refractivity (Wildman–Crippen MR) is 72.2 cm³/mol. The minimum absolute atomic E-state index is 0.290. The van der Waals surface area contributed by atoms with Crippen molar-refractivity contribution in [3.63, 3.8) is 0 Å². The topological polar surface area (TPSA) is 32.5 Å². The molecule has 2 bridgehead atoms. The Morgan fingerprint density at radius 2 is 2.00 bits per heavy atom. The number of hydrogen-bond acceptors (Lipinski definition) is 3. The summed E-state index contributed by atoms with van der Waals surface area (Å²) in [5, 5.41) is 0. The molecule has 2 heterocycles. The molecule has 2 fully saturated rings. The zero-order chi connectivity index (χ0) is 12.7. The van der Waals surface area contributed by atoms with E-state index in [-0.39, 0.29) is 11.5 Å². The Labute approximate surface area is 107 Å². The Hall–Kier alpha value is -1.29. The first-order valence-electron chi connectivity index (χ1n) is 6.67. The molecule has 0 aliphatic carbocycles. The van der Waals surface area contributed by atoms with Gasteiger partial charge in [0.05, 0.1) is 11.4 Å². The van der Waals surface area contributed by atoms with E-state index in [0.29, 0.717) is 12.1 Å². The number of fused-ring (bicyclic) bond motifs is 2. The average molecular weight is 249 g/mol. The summed E-state index contributed by atoms with van der Waals surface area (Å²) in [5.74, 6) is -0.310. The predicted octanol–water partition coefficient (Wildman–Crippen LogP) is 2.08. The van der Waals surface area contributed by atoms with Crippen LogP contribution in [0.3, 0.4) is 0 Å². The van der Waals surface area contributed by atoms with Crippen LogP contribution in [0.25, 0.3) is 0 Å². The molecule has 2 saturated heterocycles. The van der Waals surface area contributed by atoms with Gasteiger partial charge in [0, 0.05) is 25.2 Å². The van der Waals surface area contributed by atoms with E-state index in [1.165, 1.54) is 18.9 Å². The van der Waals surface area contributed by atoms with Crippen LogP contribution in [0.1, 0.15) is 19.3 Å². The molecule has 4 heteroatoms. The van der Waals surface area contributed by atoms with Crippen LogP contribution in [0, 0.1) is 5.82 Å². The second-order valence-electron chi connectivity index (χ2n) is 5.46. The zero-order valence-electron chi connectivity index (χ0n) is 10.8. The maximum absolute atomic E-state index is 13.5. The molecular formula is C14H20FN3. The van der Waals surface area contributed by atoms with Crippen molar-refractivity contribution in [3.05, 3.63) is 24.0 Å². The smallest absolute Gasteiger partial charge is 0.148 e. The van der Waals surface area contributed by atoms with Crippen molar-refractivity contribution in [1.29, 1.82) is 0 Å². The largest absolute Gasteiger partial charge is 0.395 e. The Morgan fingerprint density at radius 3 is 2.83 bits per heavy atom. The summed E-state index contributed by atoms with van der Waals surface area (Å²) in [6.45, 7) is 1.93. The summed E-state index contributed by atoms with van der Waals surface area (Å²) < 4.78 is 13.5. The van der Waals surface area contributed by atoms with E-state index in [1.807, 2.05) is 6.07 Å². The van der Waals surface area contributed by atoms with Crippen LogP contribution in [0.5, 0.6) is 0 Å². The van der Waals surface area contributed by atoms with Gasteiger partial charge in [0.2, 0.25) is 0 Å². The van der Waals surface area contributed by atoms with Crippen molar-refractivity contribution in [2.24, 2.45) is 0 Å². The summed E-state index contributed by atoms with van der Waals surface area (Å²) in [4.78, 5) is 4.73. The Bertz CT molecular complexity index is 449. The molecule has 98 valence electrons. The number of hydrogen-bond donors (Lipinski definition) is 1. The van der Waals surface area contributed by atoms with Gasteiger partial charge in [-0.3, -0.25) is 4.90 Å². The molecule has 1 aromatic rings. The lowest BCUT2D eigenvalue weighted by molar-refractivity contribution is 0.254. The zero-order valence-corrected chi connectivity index (χ0v) is 10.8. The first kappa shape index (κ1) is 11.8. The van der Waals surface area contributed by atoms with Gasteiger partial charge in [-0.1, -0.05) is 6.07 Å². The number of likely N-dealkylation sites (N-methyl/N-ethyl adjacent to an activating group) is 1. The lowest BCUT2D eigenvalue weighted by Gasteiger charge is -2.28. The molecule has 0 radical (unpaired) electrons. The molecule has 2 N–H and O–H groups in total. The first-order chi connectivity index (χ1) is 8.66. The Kier molecular flexibility index (Phi) is 2.90. The fourth-order valence-electron chi connectivity index (χ4n) is 3.33. The van der Waals surface area contributed by atoms with E-state index in [4.69, 9.17) is 5.73 Å². The fourth-order valence-corrected chi connectivity index (χ4v) is 3.33. The molecule has 2 unspecified atom stereocenters. The summed E-state index contributed by atoms with van der Waals surface area (Å²) in [7, 11) is 2.21. The molecule has 2 aliphatic rings. The minimum atomic E-state index is -0.310. The van der Waals surface area contributed by atoms with Crippen molar-refractivity contribution < 1.29 is 4.39 Å². The highest BCUT2D eigenvalue weighted by atomic mass is 19.1. The van der Waals surface area contributed by atoms with Crippen molar-refractivity contribution in [2.45, 2.75) is 31.3 Å². The third-order valence-electron chi connectivity index (χ3n) is 4.52. The van der Waals surface area contributed by atoms with Gasteiger partial charge in [0.1, 0.15) is 5.82 Å². The van der Waals surface area contributed by atoms with E-state index in [0.717, 1.165) is 25.2 Å². The summed E-state index contributed by atoms with van der Waals surface area (Å²) in [6, 6.07) is 6.37. The number of nitrogens with two attached hydrogens (primary N) is 1. The molecule has 2 atom stereocenters. The summed E-state index contributed by atoms with van der Waals surface area (Å²) in [5.41, 5.74) is 7.01. The van der Waals surface area contributed by atoms with E-state index in [9.17, 15) is 4.39 Å². The van der Waals surface area contributed by atoms with Crippen LogP contribution >= 0.6 is 0 Å². The molecule has 2 aliphatic heterocycles. The van der Waals surface area contributed by atoms with Gasteiger partial charge >= 0.3 is 0 Å². The third kappa shape index (κ3) is 1.85. The quantitative estimate of drug-likeness (QED) is 0.773. The van der Waals surface area contributed by atoms with Crippen LogP contribution in [-0.2, 0) is 0 Å². The number of para-hydroxylation sites is 1. The number of nitrogens with zero attached hydrogens (tertiary/aromatic N) is 2. The number of halogens is 1. The SMILES string of the molecule is CN1C2CCC1CN(c1cccc(F)c1N)CC2. The molecule has 1 aromatic carbocycles.